The molecule has 1 aliphatic rings. The molecule has 0 aromatic heterocycles. The van der Waals surface area contributed by atoms with E-state index in [1.165, 1.54) is 0 Å². The van der Waals surface area contributed by atoms with Crippen molar-refractivity contribution in [1.82, 2.24) is 0 Å². The third-order valence-corrected chi connectivity index (χ3v) is 4.52. The minimum Gasteiger partial charge on any atom is -0.378 e. The van der Waals surface area contributed by atoms with Crippen LogP contribution in [0.2, 0.25) is 0 Å². The van der Waals surface area contributed by atoms with E-state index in [1.54, 1.807) is 0 Å². The molecular weight excluding hydrogens is 304 g/mol. The molecule has 3 nitrogen and oxygen atoms in total. The van der Waals surface area contributed by atoms with Gasteiger partial charge in [-0.15, -0.1) is 0 Å². The molecule has 0 spiro atoms. The molecule has 4 heteroatoms. The van der Waals surface area contributed by atoms with Crippen molar-refractivity contribution in [3.05, 3.63) is 28.7 Å². The van der Waals surface area contributed by atoms with E-state index in [9.17, 15) is 0 Å². The van der Waals surface area contributed by atoms with E-state index >= 15 is 0 Å². The van der Waals surface area contributed by atoms with Crippen LogP contribution in [0, 0.1) is 0 Å². The first-order valence-electron chi connectivity index (χ1n) is 7.03. The lowest BCUT2D eigenvalue weighted by atomic mass is 9.85. The van der Waals surface area contributed by atoms with E-state index in [2.05, 4.69) is 40.3 Å². The number of nitrogens with two attached hydrogens (primary N) is 1. The summed E-state index contributed by atoms with van der Waals surface area (Å²) in [4.78, 5) is 0. The average Bonchev–Trinajstić information content (AvgIpc) is 2.42. The lowest BCUT2D eigenvalue weighted by molar-refractivity contribution is -0.0155. The van der Waals surface area contributed by atoms with Gasteiger partial charge in [-0.2, -0.15) is 0 Å². The number of hydrogen-bond donors (Lipinski definition) is 2. The molecule has 19 heavy (non-hydrogen) atoms. The van der Waals surface area contributed by atoms with E-state index in [0.717, 1.165) is 42.5 Å². The average molecular weight is 327 g/mol. The predicted octanol–water partition coefficient (Wildman–Crippen LogP) is 3.54. The molecule has 0 saturated carbocycles. The van der Waals surface area contributed by atoms with Crippen molar-refractivity contribution < 1.29 is 4.74 Å². The van der Waals surface area contributed by atoms with Crippen LogP contribution in [0.25, 0.3) is 0 Å². The number of halogens is 1. The highest BCUT2D eigenvalue weighted by Gasteiger charge is 2.35. The monoisotopic (exact) mass is 326 g/mol. The van der Waals surface area contributed by atoms with Gasteiger partial charge in [0.2, 0.25) is 0 Å². The van der Waals surface area contributed by atoms with Gasteiger partial charge in [0.05, 0.1) is 11.6 Å². The molecule has 1 saturated heterocycles. The highest BCUT2D eigenvalue weighted by Crippen LogP contribution is 2.32. The van der Waals surface area contributed by atoms with Gasteiger partial charge in [0, 0.05) is 23.3 Å². The fourth-order valence-electron chi connectivity index (χ4n) is 2.72. The second-order valence-corrected chi connectivity index (χ2v) is 6.18. The van der Waals surface area contributed by atoms with Crippen LogP contribution in [0.4, 0.5) is 5.69 Å². The molecule has 1 aromatic carbocycles. The molecular formula is C15H23BrN2O. The molecule has 1 aliphatic heterocycles. The van der Waals surface area contributed by atoms with Crippen molar-refractivity contribution in [2.24, 2.45) is 5.73 Å². The Morgan fingerprint density at radius 2 is 2.26 bits per heavy atom. The zero-order valence-electron chi connectivity index (χ0n) is 11.5. The zero-order valence-corrected chi connectivity index (χ0v) is 13.1. The Morgan fingerprint density at radius 1 is 1.47 bits per heavy atom. The number of rotatable bonds is 5. The minimum absolute atomic E-state index is 0.0397. The van der Waals surface area contributed by atoms with Crippen molar-refractivity contribution in [2.45, 2.75) is 44.2 Å². The van der Waals surface area contributed by atoms with Crippen LogP contribution in [0.1, 0.15) is 32.6 Å². The second kappa shape index (κ2) is 6.73. The Bertz CT molecular complexity index is 411. The molecule has 0 aliphatic carbocycles. The molecule has 2 unspecified atom stereocenters. The SMILES string of the molecule is CCCC1CC(CN)(Nc2ccccc2Br)CCO1. The molecule has 1 fully saturated rings. The molecule has 3 N–H and O–H groups in total. The maximum Gasteiger partial charge on any atom is 0.0597 e. The van der Waals surface area contributed by atoms with Crippen LogP contribution in [0.15, 0.2) is 28.7 Å². The second-order valence-electron chi connectivity index (χ2n) is 5.32. The van der Waals surface area contributed by atoms with Crippen molar-refractivity contribution in [1.29, 1.82) is 0 Å². The molecule has 1 aromatic rings. The van der Waals surface area contributed by atoms with E-state index in [0.29, 0.717) is 12.6 Å². The van der Waals surface area contributed by atoms with E-state index in [4.69, 9.17) is 10.5 Å². The first-order chi connectivity index (χ1) is 9.19. The fourth-order valence-corrected chi connectivity index (χ4v) is 3.11. The highest BCUT2D eigenvalue weighted by atomic mass is 79.9. The Hall–Kier alpha value is -0.580. The summed E-state index contributed by atoms with van der Waals surface area (Å²) >= 11 is 3.59. The Labute approximate surface area is 124 Å². The van der Waals surface area contributed by atoms with Gasteiger partial charge in [0.25, 0.3) is 0 Å². The molecule has 2 rings (SSSR count). The third kappa shape index (κ3) is 3.71. The van der Waals surface area contributed by atoms with Crippen LogP contribution in [-0.2, 0) is 4.74 Å². The lowest BCUT2D eigenvalue weighted by Gasteiger charge is -2.41. The zero-order chi connectivity index (χ0) is 13.7. The summed E-state index contributed by atoms with van der Waals surface area (Å²) in [7, 11) is 0. The summed E-state index contributed by atoms with van der Waals surface area (Å²) in [5.74, 6) is 0. The van der Waals surface area contributed by atoms with Gasteiger partial charge >= 0.3 is 0 Å². The quantitative estimate of drug-likeness (QED) is 0.870. The van der Waals surface area contributed by atoms with Gasteiger partial charge in [-0.3, -0.25) is 0 Å². The molecule has 2 atom stereocenters. The van der Waals surface area contributed by atoms with Crippen molar-refractivity contribution in [3.63, 3.8) is 0 Å². The summed E-state index contributed by atoms with van der Waals surface area (Å²) in [5.41, 5.74) is 7.14. The molecule has 0 amide bonds. The number of para-hydroxylation sites is 1. The topological polar surface area (TPSA) is 47.3 Å². The smallest absolute Gasteiger partial charge is 0.0597 e. The normalized spacial score (nSPS) is 27.2. The molecule has 0 radical (unpaired) electrons. The Balaban J connectivity index is 2.11. The summed E-state index contributed by atoms with van der Waals surface area (Å²) < 4.78 is 6.92. The number of hydrogen-bond acceptors (Lipinski definition) is 3. The van der Waals surface area contributed by atoms with Crippen LogP contribution in [0.5, 0.6) is 0 Å². The van der Waals surface area contributed by atoms with Gasteiger partial charge in [0.1, 0.15) is 0 Å². The first-order valence-corrected chi connectivity index (χ1v) is 7.83. The Kier molecular flexibility index (Phi) is 5.25. The maximum atomic E-state index is 6.06. The van der Waals surface area contributed by atoms with Gasteiger partial charge in [0.15, 0.2) is 0 Å². The number of benzene rings is 1. The molecule has 0 bridgehead atoms. The third-order valence-electron chi connectivity index (χ3n) is 3.83. The van der Waals surface area contributed by atoms with Crippen LogP contribution >= 0.6 is 15.9 Å². The van der Waals surface area contributed by atoms with Crippen molar-refractivity contribution in [2.75, 3.05) is 18.5 Å². The van der Waals surface area contributed by atoms with Gasteiger partial charge in [-0.25, -0.2) is 0 Å². The number of anilines is 1. The Morgan fingerprint density at radius 3 is 2.95 bits per heavy atom. The standard InChI is InChI=1S/C15H23BrN2O/c1-2-5-12-10-15(11-17,8-9-19-12)18-14-7-4-3-6-13(14)16/h3-4,6-7,12,18H,2,5,8-11,17H2,1H3. The van der Waals surface area contributed by atoms with E-state index in [-0.39, 0.29) is 5.54 Å². The van der Waals surface area contributed by atoms with E-state index in [1.807, 2.05) is 12.1 Å². The summed E-state index contributed by atoms with van der Waals surface area (Å²) in [6, 6.07) is 8.20. The van der Waals surface area contributed by atoms with Gasteiger partial charge in [-0.1, -0.05) is 25.5 Å². The summed E-state index contributed by atoms with van der Waals surface area (Å²) in [6.45, 7) is 3.63. The molecule has 106 valence electrons. The minimum atomic E-state index is -0.0397. The predicted molar refractivity (Wildman–Crippen MR) is 83.4 cm³/mol. The summed E-state index contributed by atoms with van der Waals surface area (Å²) in [6.07, 6.45) is 4.54. The summed E-state index contributed by atoms with van der Waals surface area (Å²) in [5, 5.41) is 3.65. The van der Waals surface area contributed by atoms with Crippen LogP contribution < -0.4 is 11.1 Å². The van der Waals surface area contributed by atoms with E-state index < -0.39 is 0 Å². The maximum absolute atomic E-state index is 6.06. The largest absolute Gasteiger partial charge is 0.378 e. The van der Waals surface area contributed by atoms with Crippen molar-refractivity contribution >= 4 is 21.6 Å². The van der Waals surface area contributed by atoms with Gasteiger partial charge in [-0.05, 0) is 47.3 Å². The lowest BCUT2D eigenvalue weighted by Crippen LogP contribution is -2.52. The van der Waals surface area contributed by atoms with Crippen LogP contribution in [0.3, 0.4) is 0 Å². The fraction of sp³-hybridized carbons (Fsp3) is 0.600. The van der Waals surface area contributed by atoms with Crippen molar-refractivity contribution in [3.8, 4) is 0 Å². The van der Waals surface area contributed by atoms with Gasteiger partial charge < -0.3 is 15.8 Å². The first kappa shape index (κ1) is 14.8. The highest BCUT2D eigenvalue weighted by molar-refractivity contribution is 9.10. The number of nitrogens with one attached hydrogen (secondary N) is 1. The number of ether oxygens (including phenoxy) is 1. The van der Waals surface area contributed by atoms with Crippen LogP contribution in [-0.4, -0.2) is 24.8 Å². The molecule has 1 heterocycles.